The van der Waals surface area contributed by atoms with E-state index in [4.69, 9.17) is 5.73 Å². The maximum Gasteiger partial charge on any atom is 0.350 e. The van der Waals surface area contributed by atoms with Crippen LogP contribution in [0.25, 0.3) is 0 Å². The van der Waals surface area contributed by atoms with E-state index in [1.165, 1.54) is 18.4 Å². The molecule has 0 saturated carbocycles. The molecule has 0 unspecified atom stereocenters. The first kappa shape index (κ1) is 11.7. The Kier molecular flexibility index (Phi) is 3.81. The highest BCUT2D eigenvalue weighted by molar-refractivity contribution is 7.12. The van der Waals surface area contributed by atoms with Crippen LogP contribution in [0.3, 0.4) is 0 Å². The van der Waals surface area contributed by atoms with Gasteiger partial charge in [0.05, 0.1) is 19.3 Å². The molecular formula is C9H12N2O3S. The summed E-state index contributed by atoms with van der Waals surface area (Å²) in [6.07, 6.45) is 0. The third-order valence-electron chi connectivity index (χ3n) is 1.80. The number of thiophene rings is 1. The summed E-state index contributed by atoms with van der Waals surface area (Å²) in [5.41, 5.74) is 6.48. The van der Waals surface area contributed by atoms with Gasteiger partial charge in [0, 0.05) is 0 Å². The van der Waals surface area contributed by atoms with Gasteiger partial charge in [-0.15, -0.1) is 11.3 Å². The van der Waals surface area contributed by atoms with E-state index in [-0.39, 0.29) is 12.5 Å². The van der Waals surface area contributed by atoms with Crippen LogP contribution >= 0.6 is 11.3 Å². The average Bonchev–Trinajstić information content (AvgIpc) is 2.59. The van der Waals surface area contributed by atoms with Gasteiger partial charge in [-0.25, -0.2) is 4.79 Å². The Morgan fingerprint density at radius 2 is 2.27 bits per heavy atom. The van der Waals surface area contributed by atoms with Gasteiger partial charge in [-0.2, -0.15) is 0 Å². The number of nitrogens with one attached hydrogen (secondary N) is 1. The topological polar surface area (TPSA) is 81.4 Å². The molecule has 3 N–H and O–H groups in total. The Morgan fingerprint density at radius 3 is 2.80 bits per heavy atom. The van der Waals surface area contributed by atoms with Gasteiger partial charge in [0.25, 0.3) is 0 Å². The molecule has 1 aromatic heterocycles. The standard InChI is InChI=1S/C9H12N2O3S/c1-5-4-15-8(9(13)14-2)7(5)11-6(12)3-10/h4H,3,10H2,1-2H3,(H,11,12). The van der Waals surface area contributed by atoms with E-state index in [0.717, 1.165) is 5.56 Å². The number of methoxy groups -OCH3 is 1. The minimum absolute atomic E-state index is 0.115. The minimum Gasteiger partial charge on any atom is -0.465 e. The van der Waals surface area contributed by atoms with Crippen molar-refractivity contribution >= 4 is 28.9 Å². The van der Waals surface area contributed by atoms with Crippen LogP contribution in [0.4, 0.5) is 5.69 Å². The highest BCUT2D eigenvalue weighted by Crippen LogP contribution is 2.28. The zero-order chi connectivity index (χ0) is 11.4. The third-order valence-corrected chi connectivity index (χ3v) is 2.87. The summed E-state index contributed by atoms with van der Waals surface area (Å²) < 4.78 is 4.59. The Morgan fingerprint density at radius 1 is 1.60 bits per heavy atom. The van der Waals surface area contributed by atoms with Crippen LogP contribution < -0.4 is 11.1 Å². The summed E-state index contributed by atoms with van der Waals surface area (Å²) in [4.78, 5) is 22.8. The van der Waals surface area contributed by atoms with Gasteiger partial charge in [0.2, 0.25) is 5.91 Å². The number of anilines is 1. The predicted octanol–water partition coefficient (Wildman–Crippen LogP) is 0.740. The maximum atomic E-state index is 11.3. The molecule has 0 aliphatic heterocycles. The second-order valence-corrected chi connectivity index (χ2v) is 3.75. The number of hydrogen-bond donors (Lipinski definition) is 2. The number of amides is 1. The fourth-order valence-electron chi connectivity index (χ4n) is 1.03. The van der Waals surface area contributed by atoms with E-state index < -0.39 is 5.97 Å². The number of aryl methyl sites for hydroxylation is 1. The number of ether oxygens (including phenoxy) is 1. The summed E-state index contributed by atoms with van der Waals surface area (Å²) in [5.74, 6) is -0.790. The molecule has 1 amide bonds. The molecule has 6 heteroatoms. The van der Waals surface area contributed by atoms with Crippen LogP contribution in [0.2, 0.25) is 0 Å². The fourth-order valence-corrected chi connectivity index (χ4v) is 1.95. The number of carbonyl (C=O) groups excluding carboxylic acids is 2. The smallest absolute Gasteiger partial charge is 0.350 e. The summed E-state index contributed by atoms with van der Waals surface area (Å²) in [6, 6.07) is 0. The van der Waals surface area contributed by atoms with Gasteiger partial charge in [0.15, 0.2) is 0 Å². The van der Waals surface area contributed by atoms with E-state index in [1.807, 2.05) is 0 Å². The number of hydrogen-bond acceptors (Lipinski definition) is 5. The molecule has 0 aromatic carbocycles. The molecule has 0 fully saturated rings. The lowest BCUT2D eigenvalue weighted by Gasteiger charge is -2.05. The highest BCUT2D eigenvalue weighted by atomic mass is 32.1. The Hall–Kier alpha value is -1.40. The van der Waals surface area contributed by atoms with Crippen LogP contribution in [0.1, 0.15) is 15.2 Å². The van der Waals surface area contributed by atoms with E-state index >= 15 is 0 Å². The second kappa shape index (κ2) is 4.90. The molecule has 82 valence electrons. The molecule has 1 aromatic rings. The van der Waals surface area contributed by atoms with Crippen molar-refractivity contribution in [3.05, 3.63) is 15.8 Å². The molecule has 0 saturated heterocycles. The van der Waals surface area contributed by atoms with Crippen molar-refractivity contribution in [2.45, 2.75) is 6.92 Å². The second-order valence-electron chi connectivity index (χ2n) is 2.87. The van der Waals surface area contributed by atoms with Crippen molar-refractivity contribution in [2.24, 2.45) is 5.73 Å². The van der Waals surface area contributed by atoms with E-state index in [2.05, 4.69) is 10.1 Å². The summed E-state index contributed by atoms with van der Waals surface area (Å²) in [5, 5.41) is 4.35. The maximum absolute atomic E-state index is 11.3. The molecule has 0 radical (unpaired) electrons. The largest absolute Gasteiger partial charge is 0.465 e. The fraction of sp³-hybridized carbons (Fsp3) is 0.333. The first-order chi connectivity index (χ1) is 7.10. The molecule has 15 heavy (non-hydrogen) atoms. The molecule has 1 rings (SSSR count). The van der Waals surface area contributed by atoms with Gasteiger partial charge in [-0.3, -0.25) is 4.79 Å². The number of rotatable bonds is 3. The first-order valence-electron chi connectivity index (χ1n) is 4.26. The van der Waals surface area contributed by atoms with E-state index in [1.54, 1.807) is 12.3 Å². The Bertz CT molecular complexity index is 387. The number of esters is 1. The van der Waals surface area contributed by atoms with Crippen LogP contribution in [0, 0.1) is 6.92 Å². The summed E-state index contributed by atoms with van der Waals surface area (Å²) in [6.45, 7) is 1.69. The Labute approximate surface area is 91.2 Å². The highest BCUT2D eigenvalue weighted by Gasteiger charge is 2.17. The predicted molar refractivity (Wildman–Crippen MR) is 58.1 cm³/mol. The molecule has 5 nitrogen and oxygen atoms in total. The quantitative estimate of drug-likeness (QED) is 0.748. The van der Waals surface area contributed by atoms with Crippen molar-refractivity contribution in [3.63, 3.8) is 0 Å². The molecule has 0 aliphatic rings. The normalized spacial score (nSPS) is 9.80. The van der Waals surface area contributed by atoms with Gasteiger partial charge >= 0.3 is 5.97 Å². The minimum atomic E-state index is -0.458. The van der Waals surface area contributed by atoms with Crippen molar-refractivity contribution in [2.75, 3.05) is 19.0 Å². The molecule has 0 bridgehead atoms. The van der Waals surface area contributed by atoms with Crippen LogP contribution in [0.15, 0.2) is 5.38 Å². The van der Waals surface area contributed by atoms with E-state index in [0.29, 0.717) is 10.6 Å². The molecule has 0 atom stereocenters. The molecule has 1 heterocycles. The Balaban J connectivity index is 2.99. The SMILES string of the molecule is COC(=O)c1scc(C)c1NC(=O)CN. The van der Waals surface area contributed by atoms with Crippen LogP contribution in [0.5, 0.6) is 0 Å². The molecule has 0 aliphatic carbocycles. The zero-order valence-electron chi connectivity index (χ0n) is 8.49. The monoisotopic (exact) mass is 228 g/mol. The van der Waals surface area contributed by atoms with Crippen LogP contribution in [-0.4, -0.2) is 25.5 Å². The lowest BCUT2D eigenvalue weighted by atomic mass is 10.2. The molecule has 0 spiro atoms. The summed E-state index contributed by atoms with van der Waals surface area (Å²) in [7, 11) is 1.30. The number of nitrogens with two attached hydrogens (primary N) is 1. The molecular weight excluding hydrogens is 216 g/mol. The van der Waals surface area contributed by atoms with Gasteiger partial charge in [0.1, 0.15) is 4.88 Å². The number of carbonyl (C=O) groups is 2. The van der Waals surface area contributed by atoms with Crippen molar-refractivity contribution in [3.8, 4) is 0 Å². The van der Waals surface area contributed by atoms with Gasteiger partial charge in [-0.1, -0.05) is 0 Å². The van der Waals surface area contributed by atoms with Crippen molar-refractivity contribution in [1.29, 1.82) is 0 Å². The van der Waals surface area contributed by atoms with Crippen molar-refractivity contribution < 1.29 is 14.3 Å². The van der Waals surface area contributed by atoms with Gasteiger partial charge in [-0.05, 0) is 17.9 Å². The average molecular weight is 228 g/mol. The summed E-state index contributed by atoms with van der Waals surface area (Å²) >= 11 is 1.23. The van der Waals surface area contributed by atoms with Crippen molar-refractivity contribution in [1.82, 2.24) is 0 Å². The lowest BCUT2D eigenvalue weighted by Crippen LogP contribution is -2.23. The third kappa shape index (κ3) is 2.54. The lowest BCUT2D eigenvalue weighted by molar-refractivity contribution is -0.114. The zero-order valence-corrected chi connectivity index (χ0v) is 9.31. The van der Waals surface area contributed by atoms with E-state index in [9.17, 15) is 9.59 Å². The van der Waals surface area contributed by atoms with Crippen LogP contribution in [-0.2, 0) is 9.53 Å². The first-order valence-corrected chi connectivity index (χ1v) is 5.14. The van der Waals surface area contributed by atoms with Gasteiger partial charge < -0.3 is 15.8 Å².